The number of para-hydroxylation sites is 1. The second-order valence-corrected chi connectivity index (χ2v) is 7.38. The van der Waals surface area contributed by atoms with E-state index in [0.717, 1.165) is 48.2 Å². The maximum absolute atomic E-state index is 11.5. The lowest BCUT2D eigenvalue weighted by Gasteiger charge is -2.38. The van der Waals surface area contributed by atoms with Crippen molar-refractivity contribution in [2.24, 2.45) is 0 Å². The minimum absolute atomic E-state index is 0.105. The number of nitrogens with zero attached hydrogens (tertiary/aromatic N) is 3. The van der Waals surface area contributed by atoms with Gasteiger partial charge in [-0.3, -0.25) is 15.0 Å². The van der Waals surface area contributed by atoms with E-state index >= 15 is 0 Å². The number of ether oxygens (including phenoxy) is 1. The number of piperazine rings is 1. The van der Waals surface area contributed by atoms with E-state index in [1.54, 1.807) is 6.07 Å². The fourth-order valence-corrected chi connectivity index (χ4v) is 4.05. The molecule has 3 aromatic rings. The second kappa shape index (κ2) is 7.73. The number of fused-ring (bicyclic) bond motifs is 1. The summed E-state index contributed by atoms with van der Waals surface area (Å²) in [6.07, 6.45) is 1.97. The molecule has 2 aromatic carbocycles. The molecule has 0 radical (unpaired) electrons. The van der Waals surface area contributed by atoms with Gasteiger partial charge in [0.05, 0.1) is 18.1 Å². The van der Waals surface area contributed by atoms with Gasteiger partial charge in [-0.15, -0.1) is 0 Å². The Kier molecular flexibility index (Phi) is 5.12. The molecule has 0 aliphatic carbocycles. The fourth-order valence-electron chi connectivity index (χ4n) is 4.05. The maximum Gasteiger partial charge on any atom is 0.315 e. The van der Waals surface area contributed by atoms with E-state index in [1.807, 2.05) is 24.4 Å². The standard InChI is InChI=1S/C21H24N4O4/c1-23-7-9-24(10-8-23)20(16-13-22-17-6-4-3-5-15(16)17)14-11-18(25(27)28)21(26)19(12-14)29-2/h3-6,11-13,20,22,26H,7-10H2,1-2H3. The molecule has 1 saturated heterocycles. The third kappa shape index (κ3) is 3.52. The molecule has 152 valence electrons. The van der Waals surface area contributed by atoms with Gasteiger partial charge in [-0.1, -0.05) is 18.2 Å². The van der Waals surface area contributed by atoms with Gasteiger partial charge < -0.3 is 19.7 Å². The second-order valence-electron chi connectivity index (χ2n) is 7.38. The third-order valence-electron chi connectivity index (χ3n) is 5.63. The van der Waals surface area contributed by atoms with Gasteiger partial charge in [0, 0.05) is 49.3 Å². The normalized spacial score (nSPS) is 16.8. The van der Waals surface area contributed by atoms with Crippen LogP contribution in [0.2, 0.25) is 0 Å². The minimum Gasteiger partial charge on any atom is -0.500 e. The molecule has 8 heteroatoms. The van der Waals surface area contributed by atoms with Gasteiger partial charge in [0.25, 0.3) is 0 Å². The van der Waals surface area contributed by atoms with Crippen LogP contribution in [0, 0.1) is 10.1 Å². The average Bonchev–Trinajstić information content (AvgIpc) is 3.14. The molecule has 1 aromatic heterocycles. The lowest BCUT2D eigenvalue weighted by Crippen LogP contribution is -2.46. The summed E-state index contributed by atoms with van der Waals surface area (Å²) in [6.45, 7) is 3.49. The van der Waals surface area contributed by atoms with Crippen molar-refractivity contribution in [1.29, 1.82) is 0 Å². The largest absolute Gasteiger partial charge is 0.500 e. The number of methoxy groups -OCH3 is 1. The molecule has 4 rings (SSSR count). The van der Waals surface area contributed by atoms with E-state index in [1.165, 1.54) is 13.2 Å². The summed E-state index contributed by atoms with van der Waals surface area (Å²) >= 11 is 0. The van der Waals surface area contributed by atoms with Crippen molar-refractivity contribution in [3.05, 3.63) is 63.8 Å². The van der Waals surface area contributed by atoms with Crippen molar-refractivity contribution < 1.29 is 14.8 Å². The zero-order valence-corrected chi connectivity index (χ0v) is 16.5. The number of aromatic nitrogens is 1. The van der Waals surface area contributed by atoms with Crippen LogP contribution in [0.5, 0.6) is 11.5 Å². The fraction of sp³-hybridized carbons (Fsp3) is 0.333. The molecule has 8 nitrogen and oxygen atoms in total. The average molecular weight is 396 g/mol. The van der Waals surface area contributed by atoms with Crippen LogP contribution in [-0.2, 0) is 0 Å². The predicted molar refractivity (Wildman–Crippen MR) is 111 cm³/mol. The Morgan fingerprint density at radius 3 is 2.62 bits per heavy atom. The molecule has 0 bridgehead atoms. The lowest BCUT2D eigenvalue weighted by molar-refractivity contribution is -0.386. The number of hydrogen-bond acceptors (Lipinski definition) is 6. The van der Waals surface area contributed by atoms with E-state index in [0.29, 0.717) is 0 Å². The number of likely N-dealkylation sites (N-methyl/N-ethyl adjacent to an activating group) is 1. The molecule has 1 aliphatic rings. The lowest BCUT2D eigenvalue weighted by atomic mass is 9.95. The van der Waals surface area contributed by atoms with Crippen LogP contribution >= 0.6 is 0 Å². The number of hydrogen-bond donors (Lipinski definition) is 2. The number of benzene rings is 2. The Hall–Kier alpha value is -3.10. The van der Waals surface area contributed by atoms with Crippen molar-refractivity contribution in [1.82, 2.24) is 14.8 Å². The molecule has 1 fully saturated rings. The van der Waals surface area contributed by atoms with Gasteiger partial charge >= 0.3 is 5.69 Å². The third-order valence-corrected chi connectivity index (χ3v) is 5.63. The Bertz CT molecular complexity index is 1040. The summed E-state index contributed by atoms with van der Waals surface area (Å²) in [5.41, 5.74) is 2.44. The summed E-state index contributed by atoms with van der Waals surface area (Å²) in [4.78, 5) is 18.9. The van der Waals surface area contributed by atoms with E-state index in [4.69, 9.17) is 4.74 Å². The van der Waals surface area contributed by atoms with Crippen LogP contribution in [-0.4, -0.2) is 65.2 Å². The molecule has 0 saturated carbocycles. The zero-order valence-electron chi connectivity index (χ0n) is 16.5. The summed E-state index contributed by atoms with van der Waals surface area (Å²) < 4.78 is 5.25. The van der Waals surface area contributed by atoms with E-state index in [9.17, 15) is 15.2 Å². The number of nitrogens with one attached hydrogen (secondary N) is 1. The van der Waals surface area contributed by atoms with Crippen LogP contribution in [0.25, 0.3) is 10.9 Å². The molecular formula is C21H24N4O4. The summed E-state index contributed by atoms with van der Waals surface area (Å²) in [5, 5.41) is 22.8. The molecule has 1 unspecified atom stereocenters. The van der Waals surface area contributed by atoms with Gasteiger partial charge in [-0.25, -0.2) is 0 Å². The molecular weight excluding hydrogens is 372 g/mol. The number of aromatic hydroxyl groups is 1. The van der Waals surface area contributed by atoms with Crippen molar-refractivity contribution in [2.75, 3.05) is 40.3 Å². The first-order valence-electron chi connectivity index (χ1n) is 9.53. The summed E-state index contributed by atoms with van der Waals surface area (Å²) in [7, 11) is 3.49. The molecule has 2 N–H and O–H groups in total. The number of phenolic OH excluding ortho intramolecular Hbond substituents is 1. The molecule has 29 heavy (non-hydrogen) atoms. The molecule has 1 aliphatic heterocycles. The summed E-state index contributed by atoms with van der Waals surface area (Å²) in [5.74, 6) is -0.342. The maximum atomic E-state index is 11.5. The highest BCUT2D eigenvalue weighted by atomic mass is 16.6. The van der Waals surface area contributed by atoms with Gasteiger partial charge in [-0.05, 0) is 30.3 Å². The van der Waals surface area contributed by atoms with Crippen LogP contribution in [0.15, 0.2) is 42.6 Å². The smallest absolute Gasteiger partial charge is 0.315 e. The van der Waals surface area contributed by atoms with Crippen LogP contribution in [0.4, 0.5) is 5.69 Å². The minimum atomic E-state index is -0.572. The van der Waals surface area contributed by atoms with Crippen LogP contribution in [0.1, 0.15) is 17.2 Å². The number of phenols is 1. The molecule has 0 spiro atoms. The van der Waals surface area contributed by atoms with Crippen LogP contribution in [0.3, 0.4) is 0 Å². The van der Waals surface area contributed by atoms with Crippen molar-refractivity contribution in [3.8, 4) is 11.5 Å². The first kappa shape index (κ1) is 19.2. The Labute approximate surface area is 168 Å². The first-order chi connectivity index (χ1) is 14.0. The monoisotopic (exact) mass is 396 g/mol. The molecule has 2 heterocycles. The number of nitro benzene ring substituents is 1. The first-order valence-corrected chi connectivity index (χ1v) is 9.53. The van der Waals surface area contributed by atoms with Crippen molar-refractivity contribution in [3.63, 3.8) is 0 Å². The Morgan fingerprint density at radius 1 is 1.21 bits per heavy atom. The number of rotatable bonds is 5. The van der Waals surface area contributed by atoms with Crippen molar-refractivity contribution >= 4 is 16.6 Å². The SMILES string of the molecule is COc1cc(C(c2c[nH]c3ccccc23)N2CCN(C)CC2)cc([N+](=O)[O-])c1O. The Morgan fingerprint density at radius 2 is 1.93 bits per heavy atom. The molecule has 1 atom stereocenters. The highest BCUT2D eigenvalue weighted by molar-refractivity contribution is 5.84. The van der Waals surface area contributed by atoms with E-state index in [2.05, 4.69) is 27.9 Å². The highest BCUT2D eigenvalue weighted by Gasteiger charge is 2.31. The zero-order chi connectivity index (χ0) is 20.5. The van der Waals surface area contributed by atoms with E-state index < -0.39 is 10.7 Å². The summed E-state index contributed by atoms with van der Waals surface area (Å²) in [6, 6.07) is 11.0. The predicted octanol–water partition coefficient (Wildman–Crippen LogP) is 3.13. The van der Waals surface area contributed by atoms with Crippen LogP contribution < -0.4 is 4.74 Å². The van der Waals surface area contributed by atoms with Gasteiger partial charge in [0.2, 0.25) is 5.75 Å². The number of nitro groups is 1. The number of H-pyrrole nitrogens is 1. The Balaban J connectivity index is 1.89. The molecule has 0 amide bonds. The van der Waals surface area contributed by atoms with E-state index in [-0.39, 0.29) is 17.5 Å². The number of aromatic amines is 1. The van der Waals surface area contributed by atoms with Gasteiger partial charge in [0.1, 0.15) is 0 Å². The highest BCUT2D eigenvalue weighted by Crippen LogP contribution is 2.42. The topological polar surface area (TPSA) is 94.9 Å². The quantitative estimate of drug-likeness (QED) is 0.508. The van der Waals surface area contributed by atoms with Gasteiger partial charge in [0.15, 0.2) is 5.75 Å². The van der Waals surface area contributed by atoms with Crippen molar-refractivity contribution in [2.45, 2.75) is 6.04 Å². The van der Waals surface area contributed by atoms with Gasteiger partial charge in [-0.2, -0.15) is 0 Å².